The Morgan fingerprint density at radius 3 is 2.72 bits per heavy atom. The summed E-state index contributed by atoms with van der Waals surface area (Å²) < 4.78 is 7.76. The molecule has 0 spiro atoms. The van der Waals surface area contributed by atoms with Gasteiger partial charge in [0.2, 0.25) is 0 Å². The van der Waals surface area contributed by atoms with Gasteiger partial charge in [0.05, 0.1) is 23.6 Å². The third kappa shape index (κ3) is 3.49. The van der Waals surface area contributed by atoms with Crippen molar-refractivity contribution in [3.05, 3.63) is 59.9 Å². The fourth-order valence-electron chi connectivity index (χ4n) is 2.70. The Labute approximate surface area is 146 Å². The quantitative estimate of drug-likeness (QED) is 0.720. The number of pyridine rings is 1. The lowest BCUT2D eigenvalue weighted by atomic mass is 10.1. The minimum absolute atomic E-state index is 0.0179. The second kappa shape index (κ2) is 7.36. The molecule has 0 fully saturated rings. The average Bonchev–Trinajstić information content (AvgIpc) is 3.10. The molecule has 0 radical (unpaired) electrons. The van der Waals surface area contributed by atoms with Crippen LogP contribution in [0.3, 0.4) is 0 Å². The number of hydrogen-bond donors (Lipinski definition) is 2. The predicted molar refractivity (Wildman–Crippen MR) is 94.2 cm³/mol. The summed E-state index contributed by atoms with van der Waals surface area (Å²) in [6.07, 6.45) is 3.50. The zero-order valence-electron chi connectivity index (χ0n) is 14.3. The number of aromatic nitrogens is 3. The highest BCUT2D eigenvalue weighted by atomic mass is 16.5. The Balaban J connectivity index is 1.90. The fourth-order valence-corrected chi connectivity index (χ4v) is 2.70. The standard InChI is InChI=1S/C19H21N3O3/c1-13(2)22-16(8-10-21-22)19-14(5-4-9-20-19)12-25-18-7-3-6-17(24)15(18)11-23/h3-10,13,23-24H,11-12H2,1-2H3. The SMILES string of the molecule is CC(C)n1nccc1-c1ncccc1COc1cccc(O)c1CO. The normalized spacial score (nSPS) is 11.0. The summed E-state index contributed by atoms with van der Waals surface area (Å²) in [5, 5.41) is 23.6. The van der Waals surface area contributed by atoms with E-state index in [0.717, 1.165) is 17.0 Å². The summed E-state index contributed by atoms with van der Waals surface area (Å²) in [5.41, 5.74) is 3.00. The molecular formula is C19H21N3O3. The molecule has 3 aromatic rings. The van der Waals surface area contributed by atoms with E-state index in [9.17, 15) is 10.2 Å². The Bertz CT molecular complexity index is 859. The van der Waals surface area contributed by atoms with Gasteiger partial charge in [-0.15, -0.1) is 0 Å². The lowest BCUT2D eigenvalue weighted by Gasteiger charge is -2.15. The minimum Gasteiger partial charge on any atom is -0.507 e. The van der Waals surface area contributed by atoms with Crippen molar-refractivity contribution >= 4 is 0 Å². The van der Waals surface area contributed by atoms with E-state index in [1.165, 1.54) is 6.07 Å². The van der Waals surface area contributed by atoms with Crippen LogP contribution in [0.4, 0.5) is 0 Å². The summed E-state index contributed by atoms with van der Waals surface area (Å²) in [6.45, 7) is 4.11. The summed E-state index contributed by atoms with van der Waals surface area (Å²) in [5.74, 6) is 0.471. The first kappa shape index (κ1) is 17.0. The Morgan fingerprint density at radius 1 is 1.12 bits per heavy atom. The zero-order chi connectivity index (χ0) is 17.8. The molecular weight excluding hydrogens is 318 g/mol. The van der Waals surface area contributed by atoms with Gasteiger partial charge in [0.15, 0.2) is 0 Å². The fraction of sp³-hybridized carbons (Fsp3) is 0.263. The van der Waals surface area contributed by atoms with Crippen LogP contribution in [0.15, 0.2) is 48.8 Å². The molecule has 0 aliphatic heterocycles. The van der Waals surface area contributed by atoms with Crippen LogP contribution in [-0.4, -0.2) is 25.0 Å². The molecule has 0 unspecified atom stereocenters. The van der Waals surface area contributed by atoms with Crippen LogP contribution in [0.25, 0.3) is 11.4 Å². The van der Waals surface area contributed by atoms with Crippen LogP contribution in [0.1, 0.15) is 31.0 Å². The number of rotatable bonds is 6. The predicted octanol–water partition coefficient (Wildman–Crippen LogP) is 3.30. The van der Waals surface area contributed by atoms with Crippen molar-refractivity contribution in [1.82, 2.24) is 14.8 Å². The van der Waals surface area contributed by atoms with E-state index in [0.29, 0.717) is 11.3 Å². The van der Waals surface area contributed by atoms with Gasteiger partial charge in [-0.25, -0.2) is 0 Å². The number of aliphatic hydroxyl groups is 1. The van der Waals surface area contributed by atoms with E-state index in [1.54, 1.807) is 24.5 Å². The summed E-state index contributed by atoms with van der Waals surface area (Å²) in [4.78, 5) is 4.50. The summed E-state index contributed by atoms with van der Waals surface area (Å²) >= 11 is 0. The molecule has 2 heterocycles. The van der Waals surface area contributed by atoms with Gasteiger partial charge in [-0.05, 0) is 38.1 Å². The number of nitrogens with zero attached hydrogens (tertiary/aromatic N) is 3. The molecule has 1 aromatic carbocycles. The number of phenols is 1. The molecule has 0 saturated heterocycles. The third-order valence-corrected chi connectivity index (χ3v) is 3.94. The highest BCUT2D eigenvalue weighted by molar-refractivity contribution is 5.59. The van der Waals surface area contributed by atoms with Crippen LogP contribution >= 0.6 is 0 Å². The summed E-state index contributed by atoms with van der Waals surface area (Å²) in [7, 11) is 0. The Morgan fingerprint density at radius 2 is 1.96 bits per heavy atom. The second-order valence-corrected chi connectivity index (χ2v) is 5.97. The van der Waals surface area contributed by atoms with Crippen molar-refractivity contribution < 1.29 is 14.9 Å². The molecule has 0 saturated carbocycles. The maximum atomic E-state index is 9.83. The van der Waals surface area contributed by atoms with Gasteiger partial charge < -0.3 is 14.9 Å². The first-order valence-corrected chi connectivity index (χ1v) is 8.14. The molecule has 0 bridgehead atoms. The Hall–Kier alpha value is -2.86. The number of benzene rings is 1. The second-order valence-electron chi connectivity index (χ2n) is 5.97. The van der Waals surface area contributed by atoms with E-state index in [-0.39, 0.29) is 25.0 Å². The lowest BCUT2D eigenvalue weighted by Crippen LogP contribution is -2.08. The molecule has 6 heteroatoms. The highest BCUT2D eigenvalue weighted by Gasteiger charge is 2.15. The number of aliphatic hydroxyl groups excluding tert-OH is 1. The molecule has 0 amide bonds. The van der Waals surface area contributed by atoms with Crippen LogP contribution in [0.5, 0.6) is 11.5 Å². The topological polar surface area (TPSA) is 80.4 Å². The summed E-state index contributed by atoms with van der Waals surface area (Å²) in [6, 6.07) is 10.9. The molecule has 6 nitrogen and oxygen atoms in total. The van der Waals surface area contributed by atoms with Crippen LogP contribution < -0.4 is 4.74 Å². The van der Waals surface area contributed by atoms with Crippen LogP contribution in [0, 0.1) is 0 Å². The van der Waals surface area contributed by atoms with E-state index < -0.39 is 0 Å². The van der Waals surface area contributed by atoms with Gasteiger partial charge >= 0.3 is 0 Å². The monoisotopic (exact) mass is 339 g/mol. The van der Waals surface area contributed by atoms with Gasteiger partial charge in [-0.1, -0.05) is 12.1 Å². The van der Waals surface area contributed by atoms with Gasteiger partial charge in [-0.2, -0.15) is 5.10 Å². The molecule has 0 aliphatic carbocycles. The molecule has 0 atom stereocenters. The Kier molecular flexibility index (Phi) is 5.00. The van der Waals surface area contributed by atoms with Crippen molar-refractivity contribution in [2.45, 2.75) is 33.1 Å². The molecule has 2 aromatic heterocycles. The number of aromatic hydroxyl groups is 1. The van der Waals surface area contributed by atoms with Crippen molar-refractivity contribution in [1.29, 1.82) is 0 Å². The van der Waals surface area contributed by atoms with Gasteiger partial charge in [0, 0.05) is 24.0 Å². The largest absolute Gasteiger partial charge is 0.507 e. The van der Waals surface area contributed by atoms with E-state index in [4.69, 9.17) is 4.74 Å². The van der Waals surface area contributed by atoms with Crippen molar-refractivity contribution in [2.75, 3.05) is 0 Å². The van der Waals surface area contributed by atoms with Crippen molar-refractivity contribution in [3.8, 4) is 22.9 Å². The van der Waals surface area contributed by atoms with E-state index >= 15 is 0 Å². The molecule has 0 aliphatic rings. The maximum Gasteiger partial charge on any atom is 0.129 e. The smallest absolute Gasteiger partial charge is 0.129 e. The highest BCUT2D eigenvalue weighted by Crippen LogP contribution is 2.29. The van der Waals surface area contributed by atoms with Gasteiger partial charge in [-0.3, -0.25) is 9.67 Å². The number of ether oxygens (including phenoxy) is 1. The molecule has 130 valence electrons. The van der Waals surface area contributed by atoms with Crippen LogP contribution in [-0.2, 0) is 13.2 Å². The first-order chi connectivity index (χ1) is 12.1. The van der Waals surface area contributed by atoms with Crippen molar-refractivity contribution in [2.24, 2.45) is 0 Å². The first-order valence-electron chi connectivity index (χ1n) is 8.14. The minimum atomic E-state index is -0.290. The lowest BCUT2D eigenvalue weighted by molar-refractivity contribution is 0.253. The average molecular weight is 339 g/mol. The number of hydrogen-bond acceptors (Lipinski definition) is 5. The van der Waals surface area contributed by atoms with E-state index in [2.05, 4.69) is 23.9 Å². The maximum absolute atomic E-state index is 9.83. The molecule has 2 N–H and O–H groups in total. The molecule has 25 heavy (non-hydrogen) atoms. The van der Waals surface area contributed by atoms with E-state index in [1.807, 2.05) is 22.9 Å². The van der Waals surface area contributed by atoms with Crippen LogP contribution in [0.2, 0.25) is 0 Å². The molecule has 3 rings (SSSR count). The van der Waals surface area contributed by atoms with Gasteiger partial charge in [0.25, 0.3) is 0 Å². The third-order valence-electron chi connectivity index (χ3n) is 3.94. The van der Waals surface area contributed by atoms with Crippen molar-refractivity contribution in [3.63, 3.8) is 0 Å². The zero-order valence-corrected chi connectivity index (χ0v) is 14.3. The van der Waals surface area contributed by atoms with Gasteiger partial charge in [0.1, 0.15) is 18.1 Å².